The van der Waals surface area contributed by atoms with Crippen molar-refractivity contribution < 1.29 is 14.3 Å². The van der Waals surface area contributed by atoms with Gasteiger partial charge in [-0.1, -0.05) is 0 Å². The van der Waals surface area contributed by atoms with E-state index in [0.717, 1.165) is 0 Å². The highest BCUT2D eigenvalue weighted by atomic mass is 32.1. The molecule has 0 saturated heterocycles. The fourth-order valence-corrected chi connectivity index (χ4v) is 2.93. The minimum Gasteiger partial charge on any atom is -0.462 e. The number of fused-ring (bicyclic) bond motifs is 1. The first kappa shape index (κ1) is 14.7. The highest BCUT2D eigenvalue weighted by Crippen LogP contribution is 2.27. The Kier molecular flexibility index (Phi) is 4.51. The maximum atomic E-state index is 12.4. The minimum atomic E-state index is -0.407. The number of nitrogens with zero attached hydrogens (tertiary/aromatic N) is 2. The first-order chi connectivity index (χ1) is 9.60. The number of hydrogen-bond acceptors (Lipinski definition) is 6. The summed E-state index contributed by atoms with van der Waals surface area (Å²) in [5, 5.41) is 0.483. The van der Waals surface area contributed by atoms with E-state index in [1.54, 1.807) is 21.0 Å². The van der Waals surface area contributed by atoms with Crippen molar-refractivity contribution in [2.75, 3.05) is 20.3 Å². The Labute approximate surface area is 120 Å². The van der Waals surface area contributed by atoms with Gasteiger partial charge in [0.2, 0.25) is 0 Å². The lowest BCUT2D eigenvalue weighted by Crippen LogP contribution is -2.22. The molecule has 0 saturated carbocycles. The highest BCUT2D eigenvalue weighted by Gasteiger charge is 2.20. The average Bonchev–Trinajstić information content (AvgIpc) is 2.76. The molecule has 0 unspecified atom stereocenters. The molecule has 2 rings (SSSR count). The summed E-state index contributed by atoms with van der Waals surface area (Å²) in [6.45, 7) is 4.66. The molecular formula is C13H16N2O4S. The highest BCUT2D eigenvalue weighted by molar-refractivity contribution is 7.20. The summed E-state index contributed by atoms with van der Waals surface area (Å²) in [4.78, 5) is 29.4. The van der Waals surface area contributed by atoms with Gasteiger partial charge in [-0.3, -0.25) is 9.36 Å². The van der Waals surface area contributed by atoms with Crippen LogP contribution in [0.15, 0.2) is 11.1 Å². The molecule has 0 aliphatic carbocycles. The van der Waals surface area contributed by atoms with Crippen LogP contribution in [-0.2, 0) is 16.0 Å². The van der Waals surface area contributed by atoms with Crippen LogP contribution in [0.3, 0.4) is 0 Å². The molecule has 7 heteroatoms. The minimum absolute atomic E-state index is 0.156. The topological polar surface area (TPSA) is 70.4 Å². The Hall–Kier alpha value is -1.73. The van der Waals surface area contributed by atoms with Gasteiger partial charge < -0.3 is 9.47 Å². The molecule has 2 heterocycles. The molecule has 0 aromatic carbocycles. The molecule has 0 radical (unpaired) electrons. The number of methoxy groups -OCH3 is 1. The van der Waals surface area contributed by atoms with E-state index in [2.05, 4.69) is 4.98 Å². The molecule has 0 spiro atoms. The molecule has 0 bridgehead atoms. The number of esters is 1. The van der Waals surface area contributed by atoms with Crippen LogP contribution in [0, 0.1) is 6.92 Å². The third-order valence-corrected chi connectivity index (χ3v) is 4.09. The van der Waals surface area contributed by atoms with Crippen molar-refractivity contribution in [1.82, 2.24) is 9.55 Å². The fourth-order valence-electron chi connectivity index (χ4n) is 1.90. The Balaban J connectivity index is 2.52. The van der Waals surface area contributed by atoms with E-state index in [-0.39, 0.29) is 5.56 Å². The number of rotatable bonds is 5. The SMILES string of the molecule is CCOC(=O)c1sc2ncn(CCOC)c(=O)c2c1C. The first-order valence-corrected chi connectivity index (χ1v) is 7.06. The maximum Gasteiger partial charge on any atom is 0.348 e. The van der Waals surface area contributed by atoms with Crippen LogP contribution in [0.2, 0.25) is 0 Å². The molecule has 0 aliphatic rings. The summed E-state index contributed by atoms with van der Waals surface area (Å²) in [5.41, 5.74) is 0.476. The van der Waals surface area contributed by atoms with E-state index in [1.165, 1.54) is 22.2 Å². The predicted molar refractivity (Wildman–Crippen MR) is 76.4 cm³/mol. The summed E-state index contributed by atoms with van der Waals surface area (Å²) in [6, 6.07) is 0. The molecule has 0 aliphatic heterocycles. The van der Waals surface area contributed by atoms with E-state index in [4.69, 9.17) is 9.47 Å². The van der Waals surface area contributed by atoms with Gasteiger partial charge in [0.15, 0.2) is 0 Å². The van der Waals surface area contributed by atoms with Gasteiger partial charge in [0, 0.05) is 7.11 Å². The fraction of sp³-hybridized carbons (Fsp3) is 0.462. The van der Waals surface area contributed by atoms with Crippen LogP contribution in [-0.4, -0.2) is 35.8 Å². The summed E-state index contributed by atoms with van der Waals surface area (Å²) >= 11 is 1.19. The number of hydrogen-bond donors (Lipinski definition) is 0. The van der Waals surface area contributed by atoms with Crippen molar-refractivity contribution >= 4 is 27.5 Å². The zero-order valence-electron chi connectivity index (χ0n) is 11.6. The molecule has 6 nitrogen and oxygen atoms in total. The maximum absolute atomic E-state index is 12.4. The number of thiophene rings is 1. The summed E-state index contributed by atoms with van der Waals surface area (Å²) < 4.78 is 11.4. The van der Waals surface area contributed by atoms with Gasteiger partial charge in [-0.2, -0.15) is 0 Å². The van der Waals surface area contributed by atoms with Crippen LogP contribution in [0.1, 0.15) is 22.2 Å². The third kappa shape index (κ3) is 2.59. The van der Waals surface area contributed by atoms with Crippen molar-refractivity contribution in [2.45, 2.75) is 20.4 Å². The van der Waals surface area contributed by atoms with Crippen molar-refractivity contribution in [3.8, 4) is 0 Å². The van der Waals surface area contributed by atoms with E-state index in [1.807, 2.05) is 0 Å². The Morgan fingerprint density at radius 2 is 2.25 bits per heavy atom. The first-order valence-electron chi connectivity index (χ1n) is 6.24. The summed E-state index contributed by atoms with van der Waals surface area (Å²) in [7, 11) is 1.58. The number of ether oxygens (including phenoxy) is 2. The smallest absolute Gasteiger partial charge is 0.348 e. The third-order valence-electron chi connectivity index (χ3n) is 2.91. The van der Waals surface area contributed by atoms with Gasteiger partial charge in [0.1, 0.15) is 9.71 Å². The van der Waals surface area contributed by atoms with Crippen LogP contribution >= 0.6 is 11.3 Å². The number of aromatic nitrogens is 2. The van der Waals surface area contributed by atoms with Crippen molar-refractivity contribution in [2.24, 2.45) is 0 Å². The Bertz CT molecular complexity index is 689. The van der Waals surface area contributed by atoms with Gasteiger partial charge in [-0.25, -0.2) is 9.78 Å². The van der Waals surface area contributed by atoms with E-state index >= 15 is 0 Å². The monoisotopic (exact) mass is 296 g/mol. The standard InChI is InChI=1S/C13H16N2O4S/c1-4-19-13(17)10-8(2)9-11(20-10)14-7-15(12(9)16)5-6-18-3/h7H,4-6H2,1-3H3. The second kappa shape index (κ2) is 6.15. The zero-order valence-corrected chi connectivity index (χ0v) is 12.5. The van der Waals surface area contributed by atoms with Crippen LogP contribution in [0.5, 0.6) is 0 Å². The molecule has 20 heavy (non-hydrogen) atoms. The molecule has 0 atom stereocenters. The van der Waals surface area contributed by atoms with Crippen LogP contribution < -0.4 is 5.56 Å². The lowest BCUT2D eigenvalue weighted by atomic mass is 10.2. The number of carbonyl (C=O) groups excluding carboxylic acids is 1. The van der Waals surface area contributed by atoms with Gasteiger partial charge >= 0.3 is 5.97 Å². The number of carbonyl (C=O) groups is 1. The molecular weight excluding hydrogens is 280 g/mol. The zero-order chi connectivity index (χ0) is 14.7. The molecule has 2 aromatic heterocycles. The van der Waals surface area contributed by atoms with E-state index < -0.39 is 5.97 Å². The largest absolute Gasteiger partial charge is 0.462 e. The summed E-state index contributed by atoms with van der Waals surface area (Å²) in [6.07, 6.45) is 1.48. The van der Waals surface area contributed by atoms with Crippen molar-refractivity contribution in [3.05, 3.63) is 27.1 Å². The van der Waals surface area contributed by atoms with Gasteiger partial charge in [0.05, 0.1) is 31.5 Å². The molecule has 0 fully saturated rings. The van der Waals surface area contributed by atoms with Gasteiger partial charge in [-0.15, -0.1) is 11.3 Å². The van der Waals surface area contributed by atoms with E-state index in [0.29, 0.717) is 40.4 Å². The Morgan fingerprint density at radius 1 is 1.50 bits per heavy atom. The second-order valence-corrected chi connectivity index (χ2v) is 5.19. The lowest BCUT2D eigenvalue weighted by molar-refractivity contribution is 0.0531. The van der Waals surface area contributed by atoms with Crippen molar-refractivity contribution in [1.29, 1.82) is 0 Å². The van der Waals surface area contributed by atoms with Crippen molar-refractivity contribution in [3.63, 3.8) is 0 Å². The Morgan fingerprint density at radius 3 is 2.90 bits per heavy atom. The normalized spacial score (nSPS) is 10.9. The van der Waals surface area contributed by atoms with Gasteiger partial charge in [-0.05, 0) is 19.4 Å². The number of aryl methyl sites for hydroxylation is 1. The molecule has 2 aromatic rings. The lowest BCUT2D eigenvalue weighted by Gasteiger charge is -2.04. The molecule has 0 N–H and O–H groups in total. The average molecular weight is 296 g/mol. The van der Waals surface area contributed by atoms with Crippen LogP contribution in [0.25, 0.3) is 10.2 Å². The van der Waals surface area contributed by atoms with Crippen LogP contribution in [0.4, 0.5) is 0 Å². The van der Waals surface area contributed by atoms with E-state index in [9.17, 15) is 9.59 Å². The quantitative estimate of drug-likeness (QED) is 0.784. The summed E-state index contributed by atoms with van der Waals surface area (Å²) in [5.74, 6) is -0.407. The molecule has 108 valence electrons. The van der Waals surface area contributed by atoms with Gasteiger partial charge in [0.25, 0.3) is 5.56 Å². The predicted octanol–water partition coefficient (Wildman–Crippen LogP) is 1.59. The molecule has 0 amide bonds. The second-order valence-electron chi connectivity index (χ2n) is 4.19.